The Bertz CT molecular complexity index is 837. The van der Waals surface area contributed by atoms with Gasteiger partial charge >= 0.3 is 0 Å². The Balaban J connectivity index is 1.94. The van der Waals surface area contributed by atoms with E-state index in [0.717, 1.165) is 34.1 Å². The van der Waals surface area contributed by atoms with E-state index in [4.69, 9.17) is 16.3 Å². The third-order valence-electron chi connectivity index (χ3n) is 3.94. The molecular weight excluding hydrogens is 296 g/mol. The van der Waals surface area contributed by atoms with Crippen molar-refractivity contribution in [3.63, 3.8) is 0 Å². The molecule has 4 heteroatoms. The molecule has 0 bridgehead atoms. The van der Waals surface area contributed by atoms with Gasteiger partial charge in [0.25, 0.3) is 0 Å². The Morgan fingerprint density at radius 2 is 1.95 bits per heavy atom. The lowest BCUT2D eigenvalue weighted by molar-refractivity contribution is 0.326. The minimum atomic E-state index is 0.676. The summed E-state index contributed by atoms with van der Waals surface area (Å²) in [6, 6.07) is 14.0. The van der Waals surface area contributed by atoms with Gasteiger partial charge in [0.15, 0.2) is 0 Å². The van der Waals surface area contributed by atoms with Crippen LogP contribution in [0.4, 0.5) is 0 Å². The molecule has 0 saturated carbocycles. The zero-order valence-corrected chi connectivity index (χ0v) is 13.0. The first-order valence-electron chi connectivity index (χ1n) is 7.29. The largest absolute Gasteiger partial charge is 0.493 e. The normalized spacial score (nSPS) is 13.0. The highest BCUT2D eigenvalue weighted by Crippen LogP contribution is 2.37. The Morgan fingerprint density at radius 3 is 2.77 bits per heavy atom. The number of aromatic nitrogens is 2. The summed E-state index contributed by atoms with van der Waals surface area (Å²) >= 11 is 5.99. The second-order valence-electron chi connectivity index (χ2n) is 5.50. The van der Waals surface area contributed by atoms with E-state index in [1.54, 1.807) is 0 Å². The predicted octanol–water partition coefficient (Wildman–Crippen LogP) is 4.44. The van der Waals surface area contributed by atoms with E-state index in [9.17, 15) is 0 Å². The van der Waals surface area contributed by atoms with Crippen molar-refractivity contribution in [3.05, 3.63) is 64.8 Å². The minimum Gasteiger partial charge on any atom is -0.493 e. The number of fused-ring (bicyclic) bond motifs is 3. The van der Waals surface area contributed by atoms with Crippen LogP contribution in [0.5, 0.6) is 5.75 Å². The summed E-state index contributed by atoms with van der Waals surface area (Å²) in [7, 11) is 0. The van der Waals surface area contributed by atoms with E-state index in [1.807, 2.05) is 35.1 Å². The van der Waals surface area contributed by atoms with Gasteiger partial charge in [-0.2, -0.15) is 5.10 Å². The molecule has 0 aliphatic carbocycles. The predicted molar refractivity (Wildman–Crippen MR) is 87.9 cm³/mol. The maximum atomic E-state index is 5.99. The maximum absolute atomic E-state index is 5.99. The van der Waals surface area contributed by atoms with E-state index in [0.29, 0.717) is 6.61 Å². The quantitative estimate of drug-likeness (QED) is 0.664. The summed E-state index contributed by atoms with van der Waals surface area (Å²) in [5.74, 6) is 0.925. The fraction of sp³-hybridized carbons (Fsp3) is 0.167. The molecule has 1 aliphatic rings. The van der Waals surface area contributed by atoms with Crippen LogP contribution in [0.3, 0.4) is 0 Å². The molecular formula is C18H15ClN2O. The van der Waals surface area contributed by atoms with E-state index >= 15 is 0 Å². The second-order valence-corrected chi connectivity index (χ2v) is 5.94. The third-order valence-corrected chi connectivity index (χ3v) is 4.19. The first-order valence-corrected chi connectivity index (χ1v) is 7.67. The van der Waals surface area contributed by atoms with Crippen molar-refractivity contribution in [2.45, 2.75) is 13.3 Å². The van der Waals surface area contributed by atoms with Crippen molar-refractivity contribution in [2.75, 3.05) is 6.61 Å². The van der Waals surface area contributed by atoms with Crippen LogP contribution in [0, 0.1) is 6.92 Å². The fourth-order valence-corrected chi connectivity index (χ4v) is 2.97. The molecule has 0 fully saturated rings. The first kappa shape index (κ1) is 13.4. The lowest BCUT2D eigenvalue weighted by Crippen LogP contribution is -2.00. The van der Waals surface area contributed by atoms with Crippen molar-refractivity contribution in [3.8, 4) is 22.7 Å². The summed E-state index contributed by atoms with van der Waals surface area (Å²) in [6.45, 7) is 2.75. The van der Waals surface area contributed by atoms with Crippen LogP contribution < -0.4 is 4.74 Å². The Hall–Kier alpha value is -2.26. The van der Waals surface area contributed by atoms with E-state index in [-0.39, 0.29) is 0 Å². The van der Waals surface area contributed by atoms with Gasteiger partial charge in [0, 0.05) is 22.6 Å². The van der Waals surface area contributed by atoms with Crippen molar-refractivity contribution in [2.24, 2.45) is 0 Å². The summed E-state index contributed by atoms with van der Waals surface area (Å²) in [5.41, 5.74) is 5.59. The molecule has 0 saturated heterocycles. The van der Waals surface area contributed by atoms with Crippen molar-refractivity contribution in [1.82, 2.24) is 9.78 Å². The molecule has 3 aromatic rings. The van der Waals surface area contributed by atoms with Crippen molar-refractivity contribution in [1.29, 1.82) is 0 Å². The molecule has 1 aromatic heterocycles. The van der Waals surface area contributed by atoms with Gasteiger partial charge in [0.2, 0.25) is 0 Å². The van der Waals surface area contributed by atoms with Crippen LogP contribution >= 0.6 is 11.6 Å². The molecule has 22 heavy (non-hydrogen) atoms. The number of halogens is 1. The SMILES string of the molecule is Cc1ccc2c(c1)OCCc1cnn(-c3ccc(Cl)cc3)c1-2. The zero-order chi connectivity index (χ0) is 15.1. The average Bonchev–Trinajstić information content (AvgIpc) is 2.84. The number of hydrogen-bond acceptors (Lipinski definition) is 2. The van der Waals surface area contributed by atoms with Gasteiger partial charge in [-0.05, 0) is 48.9 Å². The Labute approximate surface area is 134 Å². The molecule has 0 amide bonds. The highest BCUT2D eigenvalue weighted by molar-refractivity contribution is 6.30. The molecule has 0 radical (unpaired) electrons. The fourth-order valence-electron chi connectivity index (χ4n) is 2.85. The topological polar surface area (TPSA) is 27.1 Å². The number of aryl methyl sites for hydroxylation is 1. The van der Waals surface area contributed by atoms with Crippen molar-refractivity contribution >= 4 is 11.6 Å². The minimum absolute atomic E-state index is 0.676. The summed E-state index contributed by atoms with van der Waals surface area (Å²) in [4.78, 5) is 0. The molecule has 3 nitrogen and oxygen atoms in total. The first-order chi connectivity index (χ1) is 10.7. The molecule has 2 heterocycles. The number of nitrogens with zero attached hydrogens (tertiary/aromatic N) is 2. The van der Waals surface area contributed by atoms with Crippen LogP contribution in [-0.2, 0) is 6.42 Å². The van der Waals surface area contributed by atoms with Crippen LogP contribution in [0.25, 0.3) is 16.9 Å². The molecule has 0 unspecified atom stereocenters. The number of ether oxygens (including phenoxy) is 1. The van der Waals surface area contributed by atoms with Gasteiger partial charge in [-0.25, -0.2) is 4.68 Å². The highest BCUT2D eigenvalue weighted by Gasteiger charge is 2.21. The molecule has 4 rings (SSSR count). The van der Waals surface area contributed by atoms with E-state index < -0.39 is 0 Å². The second kappa shape index (κ2) is 5.18. The lowest BCUT2D eigenvalue weighted by Gasteiger charge is -2.12. The van der Waals surface area contributed by atoms with E-state index in [2.05, 4.69) is 30.2 Å². The van der Waals surface area contributed by atoms with Gasteiger partial charge in [-0.15, -0.1) is 0 Å². The summed E-state index contributed by atoms with van der Waals surface area (Å²) in [5, 5.41) is 5.30. The van der Waals surface area contributed by atoms with Gasteiger partial charge in [0.1, 0.15) is 5.75 Å². The monoisotopic (exact) mass is 310 g/mol. The summed E-state index contributed by atoms with van der Waals surface area (Å²) < 4.78 is 7.88. The maximum Gasteiger partial charge on any atom is 0.128 e. The van der Waals surface area contributed by atoms with Gasteiger partial charge < -0.3 is 4.74 Å². The van der Waals surface area contributed by atoms with Crippen LogP contribution in [0.15, 0.2) is 48.7 Å². The third kappa shape index (κ3) is 2.18. The smallest absolute Gasteiger partial charge is 0.128 e. The van der Waals surface area contributed by atoms with Crippen LogP contribution in [0.2, 0.25) is 5.02 Å². The van der Waals surface area contributed by atoms with Crippen LogP contribution in [-0.4, -0.2) is 16.4 Å². The highest BCUT2D eigenvalue weighted by atomic mass is 35.5. The molecule has 0 N–H and O–H groups in total. The standard InChI is InChI=1S/C18H15ClN2O/c1-12-2-7-16-17(10-12)22-9-8-13-11-20-21(18(13)16)15-5-3-14(19)4-6-15/h2-7,10-11H,8-9H2,1H3. The van der Waals surface area contributed by atoms with E-state index in [1.165, 1.54) is 11.1 Å². The lowest BCUT2D eigenvalue weighted by atomic mass is 10.0. The average molecular weight is 311 g/mol. The molecule has 1 aliphatic heterocycles. The number of hydrogen-bond donors (Lipinski definition) is 0. The molecule has 0 atom stereocenters. The summed E-state index contributed by atoms with van der Waals surface area (Å²) in [6.07, 6.45) is 2.79. The Kier molecular flexibility index (Phi) is 3.16. The molecule has 110 valence electrons. The van der Waals surface area contributed by atoms with Crippen LogP contribution in [0.1, 0.15) is 11.1 Å². The number of rotatable bonds is 1. The zero-order valence-electron chi connectivity index (χ0n) is 12.2. The van der Waals surface area contributed by atoms with Crippen molar-refractivity contribution < 1.29 is 4.74 Å². The van der Waals surface area contributed by atoms with Gasteiger partial charge in [-0.1, -0.05) is 17.7 Å². The van der Waals surface area contributed by atoms with Gasteiger partial charge in [-0.3, -0.25) is 0 Å². The molecule has 2 aromatic carbocycles. The Morgan fingerprint density at radius 1 is 1.14 bits per heavy atom. The van der Waals surface area contributed by atoms with Gasteiger partial charge in [0.05, 0.1) is 24.2 Å². The molecule has 0 spiro atoms. The number of benzene rings is 2.